The van der Waals surface area contributed by atoms with Gasteiger partial charge in [-0.25, -0.2) is 8.42 Å². The van der Waals surface area contributed by atoms with Gasteiger partial charge in [-0.05, 0) is 44.6 Å². The molecule has 2 fully saturated rings. The second-order valence-corrected chi connectivity index (χ2v) is 9.60. The molecule has 2 aliphatic rings. The Bertz CT molecular complexity index is 431. The van der Waals surface area contributed by atoms with Crippen molar-refractivity contribution in [2.45, 2.75) is 51.6 Å². The lowest BCUT2D eigenvalue weighted by atomic mass is 9.88. The summed E-state index contributed by atoms with van der Waals surface area (Å²) in [6, 6.07) is 0.529. The van der Waals surface area contributed by atoms with Crippen molar-refractivity contribution in [1.82, 2.24) is 10.2 Å². The molecule has 0 amide bonds. The minimum absolute atomic E-state index is 0.233. The highest BCUT2D eigenvalue weighted by Gasteiger charge is 2.46. The molecule has 0 aromatic carbocycles. The van der Waals surface area contributed by atoms with Crippen LogP contribution in [-0.2, 0) is 9.84 Å². The van der Waals surface area contributed by atoms with Gasteiger partial charge in [0.15, 0.2) is 0 Å². The summed E-state index contributed by atoms with van der Waals surface area (Å²) in [5.41, 5.74) is 0.233. The predicted octanol–water partition coefficient (Wildman–Crippen LogP) is 1.52. The monoisotopic (exact) mass is 302 g/mol. The summed E-state index contributed by atoms with van der Waals surface area (Å²) in [6.07, 6.45) is 4.77. The van der Waals surface area contributed by atoms with Gasteiger partial charge in [0.05, 0.1) is 5.75 Å². The van der Waals surface area contributed by atoms with Gasteiger partial charge >= 0.3 is 0 Å². The van der Waals surface area contributed by atoms with Crippen molar-refractivity contribution in [2.75, 3.05) is 31.6 Å². The molecule has 0 radical (unpaired) electrons. The van der Waals surface area contributed by atoms with E-state index >= 15 is 0 Å². The summed E-state index contributed by atoms with van der Waals surface area (Å²) in [6.45, 7) is 9.85. The standard InChI is InChI=1S/C15H30N2O2S/c1-12(2)14-10-16-15(3,13-6-7-13)11-17(14)8-5-9-20(4,18)19/h12-14,16H,5-11H2,1-4H3. The van der Waals surface area contributed by atoms with Crippen LogP contribution in [0.15, 0.2) is 0 Å². The molecule has 2 rings (SSSR count). The van der Waals surface area contributed by atoms with Gasteiger partial charge in [-0.2, -0.15) is 0 Å². The summed E-state index contributed by atoms with van der Waals surface area (Å²) in [4.78, 5) is 2.53. The molecule has 0 aromatic rings. The van der Waals surface area contributed by atoms with Gasteiger partial charge in [-0.15, -0.1) is 0 Å². The lowest BCUT2D eigenvalue weighted by molar-refractivity contribution is 0.0528. The third-order valence-corrected chi connectivity index (χ3v) is 5.95. The Morgan fingerprint density at radius 1 is 1.35 bits per heavy atom. The van der Waals surface area contributed by atoms with E-state index in [0.29, 0.717) is 17.7 Å². The van der Waals surface area contributed by atoms with E-state index in [9.17, 15) is 8.42 Å². The maximum absolute atomic E-state index is 11.3. The fourth-order valence-corrected chi connectivity index (χ4v) is 4.14. The second-order valence-electron chi connectivity index (χ2n) is 7.34. The highest BCUT2D eigenvalue weighted by Crippen LogP contribution is 2.41. The van der Waals surface area contributed by atoms with Crippen molar-refractivity contribution in [1.29, 1.82) is 0 Å². The van der Waals surface area contributed by atoms with Crippen LogP contribution in [0, 0.1) is 11.8 Å². The number of nitrogens with one attached hydrogen (secondary N) is 1. The number of sulfone groups is 1. The van der Waals surface area contributed by atoms with Crippen LogP contribution < -0.4 is 5.32 Å². The van der Waals surface area contributed by atoms with Crippen molar-refractivity contribution in [3.8, 4) is 0 Å². The van der Waals surface area contributed by atoms with Crippen LogP contribution in [0.4, 0.5) is 0 Å². The number of hydrogen-bond acceptors (Lipinski definition) is 4. The molecule has 1 N–H and O–H groups in total. The molecule has 4 nitrogen and oxygen atoms in total. The molecule has 1 aliphatic heterocycles. The predicted molar refractivity (Wildman–Crippen MR) is 83.7 cm³/mol. The van der Waals surface area contributed by atoms with E-state index in [1.165, 1.54) is 19.1 Å². The Morgan fingerprint density at radius 2 is 2.00 bits per heavy atom. The Labute approximate surface area is 124 Å². The van der Waals surface area contributed by atoms with Crippen molar-refractivity contribution in [2.24, 2.45) is 11.8 Å². The molecule has 20 heavy (non-hydrogen) atoms. The van der Waals surface area contributed by atoms with Gasteiger partial charge in [0.1, 0.15) is 9.84 Å². The average molecular weight is 302 g/mol. The molecular weight excluding hydrogens is 272 g/mol. The van der Waals surface area contributed by atoms with Gasteiger partial charge in [-0.1, -0.05) is 13.8 Å². The molecule has 0 spiro atoms. The Kier molecular flexibility index (Phi) is 4.82. The molecule has 1 saturated heterocycles. The maximum Gasteiger partial charge on any atom is 0.147 e. The van der Waals surface area contributed by atoms with Crippen LogP contribution in [-0.4, -0.2) is 56.5 Å². The van der Waals surface area contributed by atoms with Gasteiger partial charge in [0, 0.05) is 30.9 Å². The lowest BCUT2D eigenvalue weighted by Gasteiger charge is -2.48. The van der Waals surface area contributed by atoms with E-state index in [-0.39, 0.29) is 5.54 Å². The highest BCUT2D eigenvalue weighted by molar-refractivity contribution is 7.90. The Hall–Kier alpha value is -0.130. The number of piperazine rings is 1. The number of hydrogen-bond donors (Lipinski definition) is 1. The molecule has 0 bridgehead atoms. The van der Waals surface area contributed by atoms with E-state index in [4.69, 9.17) is 0 Å². The molecule has 118 valence electrons. The minimum Gasteiger partial charge on any atom is -0.308 e. The van der Waals surface area contributed by atoms with Crippen molar-refractivity contribution in [3.05, 3.63) is 0 Å². The zero-order chi connectivity index (χ0) is 15.0. The molecule has 0 aromatic heterocycles. The van der Waals surface area contributed by atoms with Crippen LogP contribution in [0.1, 0.15) is 40.0 Å². The average Bonchev–Trinajstić information content (AvgIpc) is 3.10. The SMILES string of the molecule is CC(C)C1CNC(C)(C2CC2)CN1CCCS(C)(=O)=O. The van der Waals surface area contributed by atoms with E-state index in [1.807, 2.05) is 0 Å². The first-order valence-corrected chi connectivity index (χ1v) is 9.94. The fourth-order valence-electron chi connectivity index (χ4n) is 3.49. The molecule has 1 aliphatic carbocycles. The van der Waals surface area contributed by atoms with Gasteiger partial charge in [-0.3, -0.25) is 4.90 Å². The highest BCUT2D eigenvalue weighted by atomic mass is 32.2. The Morgan fingerprint density at radius 3 is 2.50 bits per heavy atom. The largest absolute Gasteiger partial charge is 0.308 e. The second kappa shape index (κ2) is 5.93. The maximum atomic E-state index is 11.3. The topological polar surface area (TPSA) is 49.4 Å². The Balaban J connectivity index is 1.96. The molecular formula is C15H30N2O2S. The van der Waals surface area contributed by atoms with Crippen LogP contribution in [0.2, 0.25) is 0 Å². The summed E-state index contributed by atoms with van der Waals surface area (Å²) in [5.74, 6) is 1.72. The summed E-state index contributed by atoms with van der Waals surface area (Å²) < 4.78 is 22.6. The molecule has 1 heterocycles. The minimum atomic E-state index is -2.84. The quantitative estimate of drug-likeness (QED) is 0.808. The fraction of sp³-hybridized carbons (Fsp3) is 1.00. The van der Waals surface area contributed by atoms with Crippen molar-refractivity contribution in [3.63, 3.8) is 0 Å². The van der Waals surface area contributed by atoms with E-state index < -0.39 is 9.84 Å². The van der Waals surface area contributed by atoms with E-state index in [1.54, 1.807) is 0 Å². The smallest absolute Gasteiger partial charge is 0.147 e. The molecule has 5 heteroatoms. The van der Waals surface area contributed by atoms with Gasteiger partial charge in [0.2, 0.25) is 0 Å². The first-order chi connectivity index (χ1) is 9.21. The van der Waals surface area contributed by atoms with Crippen LogP contribution >= 0.6 is 0 Å². The summed E-state index contributed by atoms with van der Waals surface area (Å²) in [7, 11) is -2.84. The summed E-state index contributed by atoms with van der Waals surface area (Å²) in [5, 5.41) is 3.77. The van der Waals surface area contributed by atoms with Crippen LogP contribution in [0.3, 0.4) is 0 Å². The normalized spacial score (nSPS) is 32.8. The van der Waals surface area contributed by atoms with Crippen molar-refractivity contribution < 1.29 is 8.42 Å². The summed E-state index contributed by atoms with van der Waals surface area (Å²) >= 11 is 0. The molecule has 2 atom stereocenters. The third-order valence-electron chi connectivity index (χ3n) is 4.92. The lowest BCUT2D eigenvalue weighted by Crippen LogP contribution is -2.65. The first-order valence-electron chi connectivity index (χ1n) is 7.88. The number of nitrogens with zero attached hydrogens (tertiary/aromatic N) is 1. The zero-order valence-electron chi connectivity index (χ0n) is 13.4. The van der Waals surface area contributed by atoms with Crippen LogP contribution in [0.5, 0.6) is 0 Å². The molecule has 1 saturated carbocycles. The third kappa shape index (κ3) is 4.18. The van der Waals surface area contributed by atoms with Gasteiger partial charge in [0.25, 0.3) is 0 Å². The van der Waals surface area contributed by atoms with Crippen LogP contribution in [0.25, 0.3) is 0 Å². The van der Waals surface area contributed by atoms with E-state index in [0.717, 1.165) is 32.0 Å². The van der Waals surface area contributed by atoms with E-state index in [2.05, 4.69) is 31.0 Å². The first kappa shape index (κ1) is 16.2. The van der Waals surface area contributed by atoms with Gasteiger partial charge < -0.3 is 5.32 Å². The molecule has 2 unspecified atom stereocenters. The van der Waals surface area contributed by atoms with Crippen molar-refractivity contribution >= 4 is 9.84 Å². The number of rotatable bonds is 6. The zero-order valence-corrected chi connectivity index (χ0v) is 14.2.